The Kier molecular flexibility index (Phi) is 3.15. The van der Waals surface area contributed by atoms with E-state index in [-0.39, 0.29) is 6.04 Å². The van der Waals surface area contributed by atoms with E-state index in [0.717, 1.165) is 12.0 Å². The Hall–Kier alpha value is -1.60. The van der Waals surface area contributed by atoms with Crippen LogP contribution in [0.4, 0.5) is 0 Å². The van der Waals surface area contributed by atoms with E-state index in [4.69, 9.17) is 5.73 Å². The number of hydrogen-bond acceptors (Lipinski definition) is 1. The highest BCUT2D eigenvalue weighted by molar-refractivity contribution is 5.22. The molecule has 0 saturated carbocycles. The van der Waals surface area contributed by atoms with E-state index >= 15 is 0 Å². The van der Waals surface area contributed by atoms with Crippen molar-refractivity contribution in [3.8, 4) is 0 Å². The van der Waals surface area contributed by atoms with Gasteiger partial charge in [-0.25, -0.2) is 0 Å². The molecular weight excluding hydrogens is 182 g/mol. The molecular formula is C14H14N. The smallest absolute Gasteiger partial charge is 0.0335 e. The van der Waals surface area contributed by atoms with Gasteiger partial charge in [0.1, 0.15) is 0 Å². The van der Waals surface area contributed by atoms with Gasteiger partial charge in [0.05, 0.1) is 0 Å². The maximum absolute atomic E-state index is 6.11. The van der Waals surface area contributed by atoms with Gasteiger partial charge in [0.2, 0.25) is 0 Å². The first-order valence-corrected chi connectivity index (χ1v) is 5.12. The van der Waals surface area contributed by atoms with Gasteiger partial charge in [-0.1, -0.05) is 54.6 Å². The molecule has 1 heteroatoms. The summed E-state index contributed by atoms with van der Waals surface area (Å²) >= 11 is 0. The fourth-order valence-corrected chi connectivity index (χ4v) is 1.63. The van der Waals surface area contributed by atoms with Crippen LogP contribution in [0.2, 0.25) is 0 Å². The third kappa shape index (κ3) is 2.67. The average molecular weight is 196 g/mol. The van der Waals surface area contributed by atoms with Crippen LogP contribution >= 0.6 is 0 Å². The maximum atomic E-state index is 6.11. The van der Waals surface area contributed by atoms with E-state index in [1.807, 2.05) is 42.5 Å². The number of benzene rings is 2. The van der Waals surface area contributed by atoms with Gasteiger partial charge in [0.25, 0.3) is 0 Å². The molecule has 0 aliphatic rings. The van der Waals surface area contributed by atoms with Crippen molar-refractivity contribution in [1.29, 1.82) is 0 Å². The zero-order valence-electron chi connectivity index (χ0n) is 8.56. The molecule has 2 aromatic rings. The molecule has 0 aromatic heterocycles. The minimum Gasteiger partial charge on any atom is -0.324 e. The summed E-state index contributed by atoms with van der Waals surface area (Å²) in [6.07, 6.45) is 0.880. The second-order valence-electron chi connectivity index (χ2n) is 3.63. The first kappa shape index (κ1) is 9.94. The highest BCUT2D eigenvalue weighted by Gasteiger charge is 2.05. The molecule has 0 amide bonds. The van der Waals surface area contributed by atoms with Crippen LogP contribution in [0.15, 0.2) is 54.6 Å². The van der Waals surface area contributed by atoms with E-state index in [1.165, 1.54) is 5.56 Å². The summed E-state index contributed by atoms with van der Waals surface area (Å²) in [7, 11) is 0. The molecule has 1 atom stereocenters. The van der Waals surface area contributed by atoms with Crippen LogP contribution in [0.5, 0.6) is 0 Å². The van der Waals surface area contributed by atoms with Crippen LogP contribution in [-0.4, -0.2) is 0 Å². The number of rotatable bonds is 3. The molecule has 0 spiro atoms. The monoisotopic (exact) mass is 196 g/mol. The molecule has 1 nitrogen and oxygen atoms in total. The van der Waals surface area contributed by atoms with Crippen LogP contribution in [0.3, 0.4) is 0 Å². The van der Waals surface area contributed by atoms with Gasteiger partial charge >= 0.3 is 0 Å². The van der Waals surface area contributed by atoms with Crippen molar-refractivity contribution in [3.05, 3.63) is 71.8 Å². The van der Waals surface area contributed by atoms with Crippen LogP contribution in [0.25, 0.3) is 0 Å². The first-order valence-electron chi connectivity index (χ1n) is 5.12. The van der Waals surface area contributed by atoms with Gasteiger partial charge in [-0.15, -0.1) is 0 Å². The summed E-state index contributed by atoms with van der Waals surface area (Å²) in [6, 6.07) is 21.2. The highest BCUT2D eigenvalue weighted by Crippen LogP contribution is 2.14. The van der Waals surface area contributed by atoms with E-state index in [2.05, 4.69) is 18.2 Å². The maximum Gasteiger partial charge on any atom is 0.0335 e. The van der Waals surface area contributed by atoms with E-state index in [1.54, 1.807) is 0 Å². The first-order chi connectivity index (χ1) is 7.36. The Morgan fingerprint density at radius 3 is 2.33 bits per heavy atom. The summed E-state index contributed by atoms with van der Waals surface area (Å²) < 4.78 is 0. The van der Waals surface area contributed by atoms with Gasteiger partial charge < -0.3 is 5.73 Å². The summed E-state index contributed by atoms with van der Waals surface area (Å²) in [4.78, 5) is 0. The lowest BCUT2D eigenvalue weighted by molar-refractivity contribution is 0.722. The molecule has 2 N–H and O–H groups in total. The molecule has 2 rings (SSSR count). The third-order valence-corrected chi connectivity index (χ3v) is 2.47. The van der Waals surface area contributed by atoms with Crippen molar-refractivity contribution in [2.45, 2.75) is 12.5 Å². The fraction of sp³-hybridized carbons (Fsp3) is 0.143. The molecule has 1 radical (unpaired) electrons. The fourth-order valence-electron chi connectivity index (χ4n) is 1.63. The van der Waals surface area contributed by atoms with E-state index in [0.29, 0.717) is 0 Å². The molecule has 15 heavy (non-hydrogen) atoms. The molecule has 1 unspecified atom stereocenters. The van der Waals surface area contributed by atoms with E-state index in [9.17, 15) is 0 Å². The number of hydrogen-bond donors (Lipinski definition) is 1. The van der Waals surface area contributed by atoms with Crippen molar-refractivity contribution in [1.82, 2.24) is 0 Å². The van der Waals surface area contributed by atoms with Crippen molar-refractivity contribution in [3.63, 3.8) is 0 Å². The Bertz CT molecular complexity index is 394. The summed E-state index contributed by atoms with van der Waals surface area (Å²) in [5.74, 6) is 0. The SMILES string of the molecule is NC(Cc1ccccc1)c1cc[c]cc1. The predicted octanol–water partition coefficient (Wildman–Crippen LogP) is 2.73. The second-order valence-corrected chi connectivity index (χ2v) is 3.63. The molecule has 0 saturated heterocycles. The topological polar surface area (TPSA) is 26.0 Å². The van der Waals surface area contributed by atoms with Gasteiger partial charge in [0, 0.05) is 6.04 Å². The summed E-state index contributed by atoms with van der Waals surface area (Å²) in [5.41, 5.74) is 8.55. The van der Waals surface area contributed by atoms with Gasteiger partial charge in [-0.3, -0.25) is 0 Å². The largest absolute Gasteiger partial charge is 0.324 e. The Morgan fingerprint density at radius 2 is 1.67 bits per heavy atom. The van der Waals surface area contributed by atoms with Crippen LogP contribution in [-0.2, 0) is 6.42 Å². The van der Waals surface area contributed by atoms with Crippen molar-refractivity contribution in [2.24, 2.45) is 5.73 Å². The summed E-state index contributed by atoms with van der Waals surface area (Å²) in [5, 5.41) is 0. The minimum absolute atomic E-state index is 0.0713. The minimum atomic E-state index is 0.0713. The summed E-state index contributed by atoms with van der Waals surface area (Å²) in [6.45, 7) is 0. The van der Waals surface area contributed by atoms with Gasteiger partial charge in [0.15, 0.2) is 0 Å². The molecule has 0 bridgehead atoms. The van der Waals surface area contributed by atoms with Crippen LogP contribution in [0.1, 0.15) is 17.2 Å². The van der Waals surface area contributed by atoms with Gasteiger partial charge in [-0.05, 0) is 23.6 Å². The quantitative estimate of drug-likeness (QED) is 0.802. The Balaban J connectivity index is 2.08. The number of nitrogens with two attached hydrogens (primary N) is 1. The Labute approximate surface area is 90.6 Å². The molecule has 0 heterocycles. The lowest BCUT2D eigenvalue weighted by atomic mass is 10.00. The third-order valence-electron chi connectivity index (χ3n) is 2.47. The zero-order valence-corrected chi connectivity index (χ0v) is 8.56. The zero-order chi connectivity index (χ0) is 10.5. The second kappa shape index (κ2) is 4.76. The molecule has 0 aliphatic carbocycles. The molecule has 0 fully saturated rings. The van der Waals surface area contributed by atoms with E-state index < -0.39 is 0 Å². The molecule has 2 aromatic carbocycles. The van der Waals surface area contributed by atoms with Crippen LogP contribution < -0.4 is 5.73 Å². The molecule has 0 aliphatic heterocycles. The van der Waals surface area contributed by atoms with Crippen molar-refractivity contribution < 1.29 is 0 Å². The lowest BCUT2D eigenvalue weighted by Crippen LogP contribution is -2.12. The van der Waals surface area contributed by atoms with Gasteiger partial charge in [-0.2, -0.15) is 0 Å². The highest BCUT2D eigenvalue weighted by atomic mass is 14.6. The Morgan fingerprint density at radius 1 is 1.00 bits per heavy atom. The van der Waals surface area contributed by atoms with Crippen LogP contribution in [0, 0.1) is 6.07 Å². The normalized spacial score (nSPS) is 12.3. The predicted molar refractivity (Wildman–Crippen MR) is 62.4 cm³/mol. The van der Waals surface area contributed by atoms with Crippen molar-refractivity contribution in [2.75, 3.05) is 0 Å². The standard InChI is InChI=1S/C14H14N/c15-14(13-9-5-2-6-10-13)11-12-7-3-1-4-8-12/h1,3-10,14H,11,15H2. The average Bonchev–Trinajstić information content (AvgIpc) is 2.31. The lowest BCUT2D eigenvalue weighted by Gasteiger charge is -2.11. The molecule has 75 valence electrons. The van der Waals surface area contributed by atoms with Crippen molar-refractivity contribution >= 4 is 0 Å².